The summed E-state index contributed by atoms with van der Waals surface area (Å²) in [5.74, 6) is -0.378. The summed E-state index contributed by atoms with van der Waals surface area (Å²) in [5, 5.41) is 3.03. The molecular formula is C25H34NO7P. The molecule has 0 spiro atoms. The lowest BCUT2D eigenvalue weighted by atomic mass is 10.1. The first kappa shape index (κ1) is 26.7. The van der Waals surface area contributed by atoms with Crippen LogP contribution in [0.1, 0.15) is 25.0 Å². The molecule has 1 aliphatic heterocycles. The number of carbonyl (C=O) groups excluding carboxylic acids is 1. The monoisotopic (exact) mass is 491 g/mol. The second kappa shape index (κ2) is 13.9. The maximum Gasteiger partial charge on any atom is 0.319 e. The van der Waals surface area contributed by atoms with Gasteiger partial charge in [-0.25, -0.2) is 9.05 Å². The lowest BCUT2D eigenvalue weighted by molar-refractivity contribution is -0.220. The van der Waals surface area contributed by atoms with Crippen LogP contribution in [0.5, 0.6) is 0 Å². The third-order valence-corrected chi connectivity index (χ3v) is 7.82. The molecule has 186 valence electrons. The van der Waals surface area contributed by atoms with Crippen molar-refractivity contribution in [3.8, 4) is 0 Å². The zero-order chi connectivity index (χ0) is 24.2. The fraction of sp³-hybridized carbons (Fsp3) is 0.480. The van der Waals surface area contributed by atoms with Gasteiger partial charge in [0.25, 0.3) is 0 Å². The van der Waals surface area contributed by atoms with E-state index >= 15 is 0 Å². The number of hydrogen-bond acceptors (Lipinski definition) is 8. The molecule has 2 aromatic rings. The van der Waals surface area contributed by atoms with Crippen molar-refractivity contribution in [1.82, 2.24) is 5.32 Å². The van der Waals surface area contributed by atoms with E-state index < -0.39 is 25.8 Å². The normalized spacial score (nSPS) is 24.3. The number of hydrogen-bond donors (Lipinski definition) is 1. The molecule has 1 aliphatic rings. The van der Waals surface area contributed by atoms with Gasteiger partial charge in [-0.15, -0.1) is 0 Å². The SMILES string of the molecule is CCOC(=O)CNC[C@H]1[C@H](OCc2ccccc2)[C@@H](COCc2ccccc2)O[P+]1([O-])OCC. The Labute approximate surface area is 202 Å². The number of benzene rings is 2. The van der Waals surface area contributed by atoms with Crippen molar-refractivity contribution in [2.45, 2.75) is 44.9 Å². The molecule has 0 bridgehead atoms. The van der Waals surface area contributed by atoms with E-state index in [-0.39, 0.29) is 32.3 Å². The number of rotatable bonds is 14. The first-order chi connectivity index (χ1) is 16.6. The number of esters is 1. The summed E-state index contributed by atoms with van der Waals surface area (Å²) in [5.41, 5.74) is 1.42. The molecule has 9 heteroatoms. The Morgan fingerprint density at radius 2 is 1.65 bits per heavy atom. The molecule has 1 unspecified atom stereocenters. The molecular weight excluding hydrogens is 457 g/mol. The lowest BCUT2D eigenvalue weighted by Gasteiger charge is -2.29. The van der Waals surface area contributed by atoms with E-state index in [1.807, 2.05) is 60.7 Å². The fourth-order valence-corrected chi connectivity index (χ4v) is 6.12. The van der Waals surface area contributed by atoms with Crippen LogP contribution < -0.4 is 10.2 Å². The summed E-state index contributed by atoms with van der Waals surface area (Å²) in [7, 11) is -3.52. The lowest BCUT2D eigenvalue weighted by Crippen LogP contribution is -2.43. The zero-order valence-corrected chi connectivity index (χ0v) is 20.7. The van der Waals surface area contributed by atoms with Crippen molar-refractivity contribution in [3.05, 3.63) is 71.8 Å². The van der Waals surface area contributed by atoms with E-state index in [4.69, 9.17) is 23.3 Å². The molecule has 1 saturated heterocycles. The first-order valence-corrected chi connectivity index (χ1v) is 13.2. The smallest absolute Gasteiger partial charge is 0.319 e. The van der Waals surface area contributed by atoms with Crippen molar-refractivity contribution < 1.29 is 32.9 Å². The van der Waals surface area contributed by atoms with Crippen molar-refractivity contribution in [1.29, 1.82) is 0 Å². The molecule has 8 nitrogen and oxygen atoms in total. The standard InChI is InChI=1S/C25H34NO7P/c1-3-30-24(27)16-26-15-23-25(31-18-21-13-9-6-10-14-21)22(33-34(23,28)32-4-2)19-29-17-20-11-7-5-8-12-20/h5-14,22-23,25-26H,3-4,15-19H2,1-2H3/t22-,23+,25-,34?/m1/s1. The van der Waals surface area contributed by atoms with Crippen molar-refractivity contribution in [2.24, 2.45) is 0 Å². The van der Waals surface area contributed by atoms with Crippen molar-refractivity contribution in [2.75, 3.05) is 32.9 Å². The maximum absolute atomic E-state index is 13.7. The van der Waals surface area contributed by atoms with Crippen LogP contribution in [0.25, 0.3) is 0 Å². The van der Waals surface area contributed by atoms with Gasteiger partial charge in [-0.1, -0.05) is 60.7 Å². The van der Waals surface area contributed by atoms with Crippen LogP contribution in [0.15, 0.2) is 60.7 Å². The zero-order valence-electron chi connectivity index (χ0n) is 19.8. The van der Waals surface area contributed by atoms with E-state index in [0.29, 0.717) is 19.8 Å². The Morgan fingerprint density at radius 3 is 2.26 bits per heavy atom. The highest BCUT2D eigenvalue weighted by molar-refractivity contribution is 7.60. The van der Waals surface area contributed by atoms with E-state index in [2.05, 4.69) is 5.32 Å². The molecule has 1 N–H and O–H groups in total. The van der Waals surface area contributed by atoms with E-state index in [1.165, 1.54) is 0 Å². The van der Waals surface area contributed by atoms with Gasteiger partial charge in [0.05, 0.1) is 39.6 Å². The predicted octanol–water partition coefficient (Wildman–Crippen LogP) is 2.87. The average molecular weight is 492 g/mol. The van der Waals surface area contributed by atoms with Gasteiger partial charge in [0.15, 0.2) is 11.8 Å². The molecule has 1 fully saturated rings. The van der Waals surface area contributed by atoms with Gasteiger partial charge >= 0.3 is 5.97 Å². The van der Waals surface area contributed by atoms with Gasteiger partial charge in [-0.2, -0.15) is 0 Å². The van der Waals surface area contributed by atoms with Gasteiger partial charge in [-0.05, 0) is 25.0 Å². The van der Waals surface area contributed by atoms with Gasteiger partial charge in [0.1, 0.15) is 6.10 Å². The Hall–Kier alpha value is -1.90. The van der Waals surface area contributed by atoms with Gasteiger partial charge in [0.2, 0.25) is 7.94 Å². The molecule has 1 heterocycles. The molecule has 0 aromatic heterocycles. The molecule has 0 amide bonds. The molecule has 3 rings (SSSR count). The highest BCUT2D eigenvalue weighted by atomic mass is 31.2. The molecule has 0 aliphatic carbocycles. The van der Waals surface area contributed by atoms with Crippen molar-refractivity contribution in [3.63, 3.8) is 0 Å². The van der Waals surface area contributed by atoms with Crippen LogP contribution in [-0.4, -0.2) is 56.7 Å². The van der Waals surface area contributed by atoms with E-state index in [0.717, 1.165) is 11.1 Å². The molecule has 2 aromatic carbocycles. The van der Waals surface area contributed by atoms with Crippen molar-refractivity contribution >= 4 is 13.9 Å². The maximum atomic E-state index is 13.7. The minimum Gasteiger partial charge on any atom is -0.631 e. The van der Waals surface area contributed by atoms with Gasteiger partial charge in [0, 0.05) is 6.54 Å². The number of ether oxygens (including phenoxy) is 3. The highest BCUT2D eigenvalue weighted by Crippen LogP contribution is 2.64. The summed E-state index contributed by atoms with van der Waals surface area (Å²) in [6, 6.07) is 19.5. The molecule has 34 heavy (non-hydrogen) atoms. The van der Waals surface area contributed by atoms with Crippen LogP contribution >= 0.6 is 7.94 Å². The van der Waals surface area contributed by atoms with E-state index in [9.17, 15) is 9.69 Å². The van der Waals surface area contributed by atoms with Crippen LogP contribution in [0.3, 0.4) is 0 Å². The van der Waals surface area contributed by atoms with Crippen LogP contribution in [-0.2, 0) is 41.3 Å². The summed E-state index contributed by atoms with van der Waals surface area (Å²) in [6.45, 7) is 5.18. The molecule has 0 radical (unpaired) electrons. The average Bonchev–Trinajstić information content (AvgIpc) is 3.10. The van der Waals surface area contributed by atoms with Crippen LogP contribution in [0, 0.1) is 0 Å². The summed E-state index contributed by atoms with van der Waals surface area (Å²) in [6.07, 6.45) is -1.14. The van der Waals surface area contributed by atoms with E-state index in [1.54, 1.807) is 13.8 Å². The second-order valence-corrected chi connectivity index (χ2v) is 10.1. The molecule has 4 atom stereocenters. The summed E-state index contributed by atoms with van der Waals surface area (Å²) in [4.78, 5) is 25.4. The van der Waals surface area contributed by atoms with Crippen LogP contribution in [0.4, 0.5) is 0 Å². The van der Waals surface area contributed by atoms with Crippen LogP contribution in [0.2, 0.25) is 0 Å². The Morgan fingerprint density at radius 1 is 1.00 bits per heavy atom. The summed E-state index contributed by atoms with van der Waals surface area (Å²) < 4.78 is 28.7. The largest absolute Gasteiger partial charge is 0.631 e. The third kappa shape index (κ3) is 7.82. The van der Waals surface area contributed by atoms with Gasteiger partial charge < -0.3 is 24.4 Å². The minimum atomic E-state index is -3.52. The third-order valence-electron chi connectivity index (χ3n) is 5.35. The fourth-order valence-electron chi connectivity index (χ4n) is 3.80. The number of nitrogens with one attached hydrogen (secondary N) is 1. The second-order valence-electron chi connectivity index (χ2n) is 7.87. The summed E-state index contributed by atoms with van der Waals surface area (Å²) >= 11 is 0. The Kier molecular flexibility index (Phi) is 10.9. The first-order valence-electron chi connectivity index (χ1n) is 11.6. The topological polar surface area (TPSA) is 98.3 Å². The quantitative estimate of drug-likeness (QED) is 0.318. The predicted molar refractivity (Wildman–Crippen MR) is 128 cm³/mol. The minimum absolute atomic E-state index is 0.00293. The Bertz CT molecular complexity index is 857. The Balaban J connectivity index is 1.70. The number of carbonyl (C=O) groups is 1. The highest BCUT2D eigenvalue weighted by Gasteiger charge is 2.58. The van der Waals surface area contributed by atoms with Gasteiger partial charge in [-0.3, -0.25) is 4.79 Å². The molecule has 0 saturated carbocycles.